The second-order valence-electron chi connectivity index (χ2n) is 5.10. The van der Waals surface area contributed by atoms with Crippen molar-refractivity contribution in [2.45, 2.75) is 19.8 Å². The number of carbonyl (C=O) groups is 1. The minimum absolute atomic E-state index is 0.0324. The van der Waals surface area contributed by atoms with Crippen LogP contribution in [0.15, 0.2) is 17.1 Å². The fourth-order valence-electron chi connectivity index (χ4n) is 2.71. The second-order valence-corrected chi connectivity index (χ2v) is 5.10. The molecule has 130 valence electrons. The average Bonchev–Trinajstić information content (AvgIpc) is 2.56. The van der Waals surface area contributed by atoms with Crippen molar-refractivity contribution in [3.05, 3.63) is 39.2 Å². The molecule has 5 nitrogen and oxygen atoms in total. The third kappa shape index (κ3) is 3.25. The molecule has 7 heteroatoms. The topological polar surface area (TPSA) is 68.4 Å². The Morgan fingerprint density at radius 2 is 1.96 bits per heavy atom. The zero-order valence-electron chi connectivity index (χ0n) is 13.6. The van der Waals surface area contributed by atoms with E-state index in [-0.39, 0.29) is 30.4 Å². The number of aromatic amines is 1. The van der Waals surface area contributed by atoms with Crippen molar-refractivity contribution in [1.29, 1.82) is 0 Å². The highest BCUT2D eigenvalue weighted by molar-refractivity contribution is 5.95. The maximum absolute atomic E-state index is 12.9. The molecule has 1 aromatic carbocycles. The molecule has 0 atom stereocenters. The molecule has 0 saturated heterocycles. The lowest BCUT2D eigenvalue weighted by molar-refractivity contribution is 0.0524. The molecule has 0 amide bonds. The Labute approximate surface area is 137 Å². The molecule has 2 rings (SSSR count). The molecule has 0 aliphatic rings. The van der Waals surface area contributed by atoms with E-state index < -0.39 is 24.7 Å². The standard InChI is InChI=1S/C17H19F2NO4/c1-3-24-17(22)13-9-20-14-12(15(13)21)8-10(4-6-18)11(5-7-19)16(14)23-2/h8-9H,3-7H2,1-2H3,(H,20,21). The predicted octanol–water partition coefficient (Wildman–Crippen LogP) is 2.74. The van der Waals surface area contributed by atoms with Crippen LogP contribution in [0.4, 0.5) is 8.78 Å². The van der Waals surface area contributed by atoms with Crippen LogP contribution in [0.25, 0.3) is 10.9 Å². The Morgan fingerprint density at radius 3 is 2.54 bits per heavy atom. The van der Waals surface area contributed by atoms with Crippen molar-refractivity contribution < 1.29 is 23.0 Å². The number of alkyl halides is 2. The van der Waals surface area contributed by atoms with Gasteiger partial charge in [0.1, 0.15) is 11.3 Å². The van der Waals surface area contributed by atoms with Gasteiger partial charge in [-0.05, 0) is 18.6 Å². The quantitative estimate of drug-likeness (QED) is 0.788. The Morgan fingerprint density at radius 1 is 1.25 bits per heavy atom. The summed E-state index contributed by atoms with van der Waals surface area (Å²) in [5.41, 5.74) is 0.681. The van der Waals surface area contributed by atoms with Crippen molar-refractivity contribution in [3.63, 3.8) is 0 Å². The van der Waals surface area contributed by atoms with Gasteiger partial charge in [0.2, 0.25) is 5.43 Å². The average molecular weight is 339 g/mol. The van der Waals surface area contributed by atoms with Gasteiger partial charge in [0.25, 0.3) is 0 Å². The molecule has 0 aliphatic heterocycles. The molecule has 0 fully saturated rings. The van der Waals surface area contributed by atoms with Crippen molar-refractivity contribution in [2.75, 3.05) is 27.1 Å². The van der Waals surface area contributed by atoms with Crippen molar-refractivity contribution in [3.8, 4) is 5.75 Å². The number of H-pyrrole nitrogens is 1. The van der Waals surface area contributed by atoms with Gasteiger partial charge in [0.05, 0.1) is 38.0 Å². The van der Waals surface area contributed by atoms with E-state index in [0.717, 1.165) is 0 Å². The zero-order chi connectivity index (χ0) is 17.7. The van der Waals surface area contributed by atoms with Gasteiger partial charge in [0.15, 0.2) is 0 Å². The number of ether oxygens (including phenoxy) is 2. The minimum Gasteiger partial charge on any atom is -0.494 e. The molecule has 0 radical (unpaired) electrons. The summed E-state index contributed by atoms with van der Waals surface area (Å²) in [5.74, 6) is -0.444. The molecule has 24 heavy (non-hydrogen) atoms. The van der Waals surface area contributed by atoms with Crippen LogP contribution in [0.3, 0.4) is 0 Å². The lowest BCUT2D eigenvalue weighted by Gasteiger charge is -2.15. The van der Waals surface area contributed by atoms with Crippen LogP contribution >= 0.6 is 0 Å². The van der Waals surface area contributed by atoms with Gasteiger partial charge in [-0.2, -0.15) is 0 Å². The number of benzene rings is 1. The van der Waals surface area contributed by atoms with Gasteiger partial charge in [0, 0.05) is 24.6 Å². The summed E-state index contributed by atoms with van der Waals surface area (Å²) in [6, 6.07) is 1.49. The number of aryl methyl sites for hydroxylation is 1. The molecule has 0 aliphatic carbocycles. The number of hydrogen-bond acceptors (Lipinski definition) is 4. The van der Waals surface area contributed by atoms with Crippen LogP contribution in [-0.4, -0.2) is 38.0 Å². The number of carbonyl (C=O) groups excluding carboxylic acids is 1. The highest BCUT2D eigenvalue weighted by Crippen LogP contribution is 2.31. The van der Waals surface area contributed by atoms with Crippen molar-refractivity contribution in [1.82, 2.24) is 4.98 Å². The van der Waals surface area contributed by atoms with E-state index >= 15 is 0 Å². The third-order valence-corrected chi connectivity index (χ3v) is 3.73. The summed E-state index contributed by atoms with van der Waals surface area (Å²) in [5, 5.41) is 0.184. The lowest BCUT2D eigenvalue weighted by atomic mass is 9.97. The first-order chi connectivity index (χ1) is 11.6. The van der Waals surface area contributed by atoms with E-state index in [4.69, 9.17) is 9.47 Å². The van der Waals surface area contributed by atoms with Crippen LogP contribution in [0.2, 0.25) is 0 Å². The molecule has 1 heterocycles. The molecular formula is C17H19F2NO4. The predicted molar refractivity (Wildman–Crippen MR) is 86.4 cm³/mol. The summed E-state index contributed by atoms with van der Waals surface area (Å²) in [4.78, 5) is 27.3. The first-order valence-electron chi connectivity index (χ1n) is 7.62. The number of aromatic nitrogens is 1. The molecule has 1 N–H and O–H groups in total. The zero-order valence-corrected chi connectivity index (χ0v) is 13.6. The van der Waals surface area contributed by atoms with Crippen LogP contribution < -0.4 is 10.2 Å². The van der Waals surface area contributed by atoms with E-state index in [1.54, 1.807) is 6.92 Å². The second kappa shape index (κ2) is 7.90. The SMILES string of the molecule is CCOC(=O)c1c[nH]c2c(OC)c(CCF)c(CCF)cc2c1=O. The minimum atomic E-state index is -0.737. The monoisotopic (exact) mass is 339 g/mol. The van der Waals surface area contributed by atoms with E-state index in [1.807, 2.05) is 0 Å². The Kier molecular flexibility index (Phi) is 5.89. The summed E-state index contributed by atoms with van der Waals surface area (Å²) >= 11 is 0. The highest BCUT2D eigenvalue weighted by atomic mass is 19.1. The number of esters is 1. The van der Waals surface area contributed by atoms with Crippen LogP contribution in [0.1, 0.15) is 28.4 Å². The van der Waals surface area contributed by atoms with E-state index in [9.17, 15) is 18.4 Å². The molecule has 2 aromatic rings. The van der Waals surface area contributed by atoms with Crippen molar-refractivity contribution >= 4 is 16.9 Å². The number of hydrogen-bond donors (Lipinski definition) is 1. The molecule has 0 saturated carbocycles. The van der Waals surface area contributed by atoms with Gasteiger partial charge in [-0.1, -0.05) is 0 Å². The number of methoxy groups -OCH3 is 1. The first kappa shape index (κ1) is 17.9. The van der Waals surface area contributed by atoms with E-state index in [2.05, 4.69) is 4.98 Å². The normalized spacial score (nSPS) is 10.8. The Hall–Kier alpha value is -2.44. The van der Waals surface area contributed by atoms with Crippen molar-refractivity contribution in [2.24, 2.45) is 0 Å². The number of rotatable bonds is 7. The van der Waals surface area contributed by atoms with Gasteiger partial charge in [-0.3, -0.25) is 13.6 Å². The molecular weight excluding hydrogens is 320 g/mol. The highest BCUT2D eigenvalue weighted by Gasteiger charge is 2.20. The van der Waals surface area contributed by atoms with Gasteiger partial charge >= 0.3 is 5.97 Å². The van der Waals surface area contributed by atoms with Gasteiger partial charge in [-0.25, -0.2) is 4.79 Å². The Bertz CT molecular complexity index is 801. The Balaban J connectivity index is 2.77. The van der Waals surface area contributed by atoms with Crippen LogP contribution in [0, 0.1) is 0 Å². The molecule has 0 spiro atoms. The fourth-order valence-corrected chi connectivity index (χ4v) is 2.71. The summed E-state index contributed by atoms with van der Waals surface area (Å²) in [6.07, 6.45) is 1.33. The van der Waals surface area contributed by atoms with E-state index in [1.165, 1.54) is 19.4 Å². The molecule has 0 unspecified atom stereocenters. The lowest BCUT2D eigenvalue weighted by Crippen LogP contribution is -2.19. The maximum Gasteiger partial charge on any atom is 0.343 e. The molecule has 0 bridgehead atoms. The summed E-state index contributed by atoms with van der Waals surface area (Å²) < 4.78 is 35.9. The fraction of sp³-hybridized carbons (Fsp3) is 0.412. The third-order valence-electron chi connectivity index (χ3n) is 3.73. The number of halogens is 2. The van der Waals surface area contributed by atoms with Gasteiger partial charge in [-0.15, -0.1) is 0 Å². The maximum atomic E-state index is 12.9. The summed E-state index contributed by atoms with van der Waals surface area (Å²) in [7, 11) is 1.40. The smallest absolute Gasteiger partial charge is 0.343 e. The van der Waals surface area contributed by atoms with Crippen LogP contribution in [-0.2, 0) is 17.6 Å². The summed E-state index contributed by atoms with van der Waals surface area (Å²) in [6.45, 7) is 0.497. The van der Waals surface area contributed by atoms with Gasteiger partial charge < -0.3 is 14.5 Å². The van der Waals surface area contributed by atoms with E-state index in [0.29, 0.717) is 22.4 Å². The van der Waals surface area contributed by atoms with Crippen LogP contribution in [0.5, 0.6) is 5.75 Å². The number of pyridine rings is 1. The number of fused-ring (bicyclic) bond motifs is 1. The number of nitrogens with one attached hydrogen (secondary N) is 1. The first-order valence-corrected chi connectivity index (χ1v) is 7.62. The largest absolute Gasteiger partial charge is 0.494 e. The molecule has 1 aromatic heterocycles.